The van der Waals surface area contributed by atoms with E-state index in [0.29, 0.717) is 28.2 Å². The van der Waals surface area contributed by atoms with E-state index in [1.807, 2.05) is 38.1 Å². The number of aromatic nitrogens is 4. The average molecular weight is 426 g/mol. The van der Waals surface area contributed by atoms with Crippen LogP contribution in [0.3, 0.4) is 0 Å². The van der Waals surface area contributed by atoms with Crippen molar-refractivity contribution in [1.82, 2.24) is 19.7 Å². The third-order valence-electron chi connectivity index (χ3n) is 4.82. The van der Waals surface area contributed by atoms with Gasteiger partial charge in [0.15, 0.2) is 0 Å². The summed E-state index contributed by atoms with van der Waals surface area (Å²) < 4.78 is 21.6. The Morgan fingerprint density at radius 2 is 2.03 bits per heavy atom. The van der Waals surface area contributed by atoms with E-state index < -0.39 is 5.82 Å². The predicted octanol–water partition coefficient (Wildman–Crippen LogP) is 4.82. The molecule has 8 heteroatoms. The molecule has 0 saturated carbocycles. The first-order valence-electron chi connectivity index (χ1n) is 9.48. The number of para-hydroxylation sites is 1. The maximum atomic E-state index is 13.8. The Hall–Kier alpha value is -3.03. The van der Waals surface area contributed by atoms with Crippen molar-refractivity contribution in [3.8, 4) is 11.4 Å². The second kappa shape index (κ2) is 8.01. The molecule has 30 heavy (non-hydrogen) atoms. The van der Waals surface area contributed by atoms with Crippen LogP contribution >= 0.6 is 11.6 Å². The summed E-state index contributed by atoms with van der Waals surface area (Å²) in [5, 5.41) is 5.57. The van der Waals surface area contributed by atoms with E-state index in [1.165, 1.54) is 12.1 Å². The number of rotatable bonds is 5. The lowest BCUT2D eigenvalue weighted by molar-refractivity contribution is 0.307. The molecule has 154 valence electrons. The van der Waals surface area contributed by atoms with Gasteiger partial charge in [0.1, 0.15) is 35.8 Å². The molecule has 4 rings (SSSR count). The van der Waals surface area contributed by atoms with Crippen molar-refractivity contribution in [2.75, 3.05) is 0 Å². The number of pyridine rings is 1. The number of aryl methyl sites for hydroxylation is 2. The number of hydrogen-bond acceptors (Lipinski definition) is 5. The molecule has 0 spiro atoms. The molecule has 0 aliphatic carbocycles. The summed E-state index contributed by atoms with van der Waals surface area (Å²) in [7, 11) is 0. The number of benzene rings is 2. The molecule has 0 bridgehead atoms. The Labute approximate surface area is 178 Å². The van der Waals surface area contributed by atoms with Gasteiger partial charge >= 0.3 is 0 Å². The van der Waals surface area contributed by atoms with Crippen molar-refractivity contribution < 1.29 is 9.13 Å². The Kier molecular flexibility index (Phi) is 5.40. The van der Waals surface area contributed by atoms with E-state index in [-0.39, 0.29) is 17.7 Å². The van der Waals surface area contributed by atoms with Gasteiger partial charge in [0.25, 0.3) is 0 Å². The van der Waals surface area contributed by atoms with Crippen LogP contribution in [0.25, 0.3) is 16.6 Å². The minimum atomic E-state index is -0.425. The number of ether oxygens (including phenoxy) is 1. The van der Waals surface area contributed by atoms with E-state index in [4.69, 9.17) is 22.1 Å². The summed E-state index contributed by atoms with van der Waals surface area (Å²) in [6.45, 7) is 5.67. The van der Waals surface area contributed by atoms with Gasteiger partial charge in [-0.25, -0.2) is 19.0 Å². The van der Waals surface area contributed by atoms with Gasteiger partial charge in [0.05, 0.1) is 10.7 Å². The lowest BCUT2D eigenvalue weighted by Gasteiger charge is -2.17. The normalized spacial score (nSPS) is 12.3. The summed E-state index contributed by atoms with van der Waals surface area (Å²) in [6.07, 6.45) is 1.67. The largest absolute Gasteiger partial charge is 0.487 e. The fourth-order valence-corrected chi connectivity index (χ4v) is 3.70. The van der Waals surface area contributed by atoms with Crippen molar-refractivity contribution >= 4 is 22.5 Å². The predicted molar refractivity (Wildman–Crippen MR) is 114 cm³/mol. The van der Waals surface area contributed by atoms with Gasteiger partial charge in [0, 0.05) is 22.7 Å². The second-order valence-corrected chi connectivity index (χ2v) is 7.61. The van der Waals surface area contributed by atoms with Crippen LogP contribution in [-0.2, 0) is 6.61 Å². The molecule has 4 aromatic rings. The lowest BCUT2D eigenvalue weighted by Crippen LogP contribution is -2.11. The highest BCUT2D eigenvalue weighted by molar-refractivity contribution is 6.31. The molecule has 2 aromatic heterocycles. The number of hydrogen-bond donors (Lipinski definition) is 1. The van der Waals surface area contributed by atoms with Gasteiger partial charge in [-0.05, 0) is 50.6 Å². The third kappa shape index (κ3) is 3.86. The Morgan fingerprint density at radius 3 is 2.73 bits per heavy atom. The molecule has 6 nitrogen and oxygen atoms in total. The number of nitrogens with zero attached hydrogens (tertiary/aromatic N) is 4. The highest BCUT2D eigenvalue weighted by atomic mass is 35.5. The minimum Gasteiger partial charge on any atom is -0.487 e. The molecule has 2 aromatic carbocycles. The highest BCUT2D eigenvalue weighted by Gasteiger charge is 2.16. The van der Waals surface area contributed by atoms with E-state index in [2.05, 4.69) is 15.1 Å². The van der Waals surface area contributed by atoms with Crippen molar-refractivity contribution in [1.29, 1.82) is 0 Å². The molecule has 1 atom stereocenters. The molecule has 2 heterocycles. The molecular weight excluding hydrogens is 405 g/mol. The highest BCUT2D eigenvalue weighted by Crippen LogP contribution is 2.32. The van der Waals surface area contributed by atoms with E-state index in [0.717, 1.165) is 16.8 Å². The summed E-state index contributed by atoms with van der Waals surface area (Å²) >= 11 is 6.29. The van der Waals surface area contributed by atoms with Crippen LogP contribution in [0.15, 0.2) is 42.7 Å². The van der Waals surface area contributed by atoms with E-state index in [1.54, 1.807) is 17.9 Å². The molecule has 0 radical (unpaired) electrons. The molecule has 0 aliphatic rings. The van der Waals surface area contributed by atoms with Gasteiger partial charge in [-0.15, -0.1) is 0 Å². The van der Waals surface area contributed by atoms with Crippen LogP contribution in [-0.4, -0.2) is 19.7 Å². The first-order valence-corrected chi connectivity index (χ1v) is 9.86. The average Bonchev–Trinajstić information content (AvgIpc) is 3.12. The maximum absolute atomic E-state index is 13.8. The molecule has 1 unspecified atom stereocenters. The van der Waals surface area contributed by atoms with Crippen molar-refractivity contribution in [3.63, 3.8) is 0 Å². The van der Waals surface area contributed by atoms with Gasteiger partial charge < -0.3 is 10.5 Å². The molecule has 0 fully saturated rings. The molecular formula is C22H21ClFN5O. The second-order valence-electron chi connectivity index (χ2n) is 7.20. The first-order chi connectivity index (χ1) is 14.3. The smallest absolute Gasteiger partial charge is 0.147 e. The maximum Gasteiger partial charge on any atom is 0.147 e. The Morgan fingerprint density at radius 1 is 1.23 bits per heavy atom. The first kappa shape index (κ1) is 20.3. The third-order valence-corrected chi connectivity index (χ3v) is 5.16. The van der Waals surface area contributed by atoms with Crippen LogP contribution in [0.2, 0.25) is 5.02 Å². The van der Waals surface area contributed by atoms with Crippen molar-refractivity contribution in [2.45, 2.75) is 33.4 Å². The Bertz CT molecular complexity index is 1240. The summed E-state index contributed by atoms with van der Waals surface area (Å²) in [5.41, 5.74) is 9.65. The minimum absolute atomic E-state index is 0.141. The summed E-state index contributed by atoms with van der Waals surface area (Å²) in [4.78, 5) is 8.88. The standard InChI is InChI=1S/C22H21ClFN5O/c1-12-7-20(29-11-26-14(3)28-29)16-5-4-6-21(22(16)27-12)30-10-18-17(13(2)25)8-15(24)9-19(18)23/h4-9,11,13H,10,25H2,1-3H3. The SMILES string of the molecule is Cc1cc(-n2cnc(C)n2)c2cccc(OCc3c(Cl)cc(F)cc3C(C)N)c2n1. The lowest BCUT2D eigenvalue weighted by atomic mass is 10.0. The van der Waals surface area contributed by atoms with Gasteiger partial charge in [-0.1, -0.05) is 23.7 Å². The molecule has 2 N–H and O–H groups in total. The van der Waals surface area contributed by atoms with E-state index >= 15 is 0 Å². The molecule has 0 saturated heterocycles. The molecule has 0 aliphatic heterocycles. The fourth-order valence-electron chi connectivity index (χ4n) is 3.43. The van der Waals surface area contributed by atoms with Gasteiger partial charge in [0.2, 0.25) is 0 Å². The van der Waals surface area contributed by atoms with Crippen molar-refractivity contribution in [3.05, 3.63) is 76.2 Å². The summed E-state index contributed by atoms with van der Waals surface area (Å²) in [5.74, 6) is 0.843. The molecule has 0 amide bonds. The van der Waals surface area contributed by atoms with Crippen LogP contribution in [0.4, 0.5) is 4.39 Å². The zero-order valence-corrected chi connectivity index (χ0v) is 17.6. The zero-order valence-electron chi connectivity index (χ0n) is 16.9. The Balaban J connectivity index is 1.76. The quantitative estimate of drug-likeness (QED) is 0.495. The number of nitrogens with two attached hydrogens (primary N) is 1. The number of fused-ring (bicyclic) bond motifs is 1. The zero-order chi connectivity index (χ0) is 21.4. The van der Waals surface area contributed by atoms with E-state index in [9.17, 15) is 4.39 Å². The van der Waals surface area contributed by atoms with Crippen molar-refractivity contribution in [2.24, 2.45) is 5.73 Å². The van der Waals surface area contributed by atoms with Crippen LogP contribution in [0.5, 0.6) is 5.75 Å². The van der Waals surface area contributed by atoms with Crippen LogP contribution in [0.1, 0.15) is 35.6 Å². The number of halogens is 2. The fraction of sp³-hybridized carbons (Fsp3) is 0.227. The van der Waals surface area contributed by atoms with Gasteiger partial charge in [-0.3, -0.25) is 0 Å². The summed E-state index contributed by atoms with van der Waals surface area (Å²) in [6, 6.07) is 9.92. The van der Waals surface area contributed by atoms with Crippen LogP contribution < -0.4 is 10.5 Å². The van der Waals surface area contributed by atoms with Gasteiger partial charge in [-0.2, -0.15) is 5.10 Å². The topological polar surface area (TPSA) is 78.8 Å². The van der Waals surface area contributed by atoms with Crippen LogP contribution in [0, 0.1) is 19.7 Å². The monoisotopic (exact) mass is 425 g/mol.